The number of ether oxygens (including phenoxy) is 1. The van der Waals surface area contributed by atoms with Crippen LogP contribution < -0.4 is 4.72 Å². The first-order chi connectivity index (χ1) is 17.4. The van der Waals surface area contributed by atoms with Crippen LogP contribution in [0.25, 0.3) is 0 Å². The van der Waals surface area contributed by atoms with E-state index in [0.29, 0.717) is 5.92 Å². The molecule has 4 aliphatic carbocycles. The fourth-order valence-electron chi connectivity index (χ4n) is 6.40. The van der Waals surface area contributed by atoms with Gasteiger partial charge in [0.1, 0.15) is 0 Å². The van der Waals surface area contributed by atoms with Crippen molar-refractivity contribution in [3.8, 4) is 0 Å². The summed E-state index contributed by atoms with van der Waals surface area (Å²) >= 11 is 0. The van der Waals surface area contributed by atoms with Crippen LogP contribution in [0.2, 0.25) is 0 Å². The first kappa shape index (κ1) is 27.3. The molecule has 0 heterocycles. The van der Waals surface area contributed by atoms with Crippen molar-refractivity contribution in [2.75, 3.05) is 32.8 Å². The van der Waals surface area contributed by atoms with E-state index >= 15 is 0 Å². The number of hydrogen-bond donors (Lipinski definition) is 2. The van der Waals surface area contributed by atoms with Gasteiger partial charge in [0.2, 0.25) is 0 Å². The first-order valence-electron chi connectivity index (χ1n) is 13.6. The van der Waals surface area contributed by atoms with Crippen molar-refractivity contribution in [1.82, 2.24) is 9.62 Å². The Labute approximate surface area is 217 Å². The van der Waals surface area contributed by atoms with Crippen molar-refractivity contribution in [3.63, 3.8) is 0 Å². The molecule has 1 fully saturated rings. The summed E-state index contributed by atoms with van der Waals surface area (Å²) in [6.07, 6.45) is 7.41. The van der Waals surface area contributed by atoms with Gasteiger partial charge in [-0.25, -0.2) is 0 Å². The predicted molar refractivity (Wildman–Crippen MR) is 145 cm³/mol. The van der Waals surface area contributed by atoms with E-state index in [1.54, 1.807) is 0 Å². The fraction of sp³-hybridized carbons (Fsp3) is 0.586. The fourth-order valence-corrected chi connectivity index (χ4v) is 7.05. The predicted octanol–water partition coefficient (Wildman–Crippen LogP) is 5.28. The van der Waals surface area contributed by atoms with Crippen LogP contribution in [-0.2, 0) is 20.5 Å². The van der Waals surface area contributed by atoms with Crippen LogP contribution in [0, 0.1) is 0 Å². The summed E-state index contributed by atoms with van der Waals surface area (Å²) in [6, 6.07) is 18.1. The van der Waals surface area contributed by atoms with Crippen molar-refractivity contribution in [1.29, 1.82) is 0 Å². The Morgan fingerprint density at radius 2 is 1.53 bits per heavy atom. The number of hydrogen-bond acceptors (Lipinski definition) is 4. The molecule has 2 aromatic carbocycles. The van der Waals surface area contributed by atoms with Crippen LogP contribution in [0.5, 0.6) is 0 Å². The third-order valence-corrected chi connectivity index (χ3v) is 8.91. The van der Waals surface area contributed by atoms with Crippen LogP contribution in [0.3, 0.4) is 0 Å². The molecule has 198 valence electrons. The van der Waals surface area contributed by atoms with E-state index in [1.165, 1.54) is 41.5 Å². The molecule has 0 unspecified atom stereocenters. The van der Waals surface area contributed by atoms with Gasteiger partial charge in [-0.1, -0.05) is 81.6 Å². The van der Waals surface area contributed by atoms with Gasteiger partial charge in [-0.05, 0) is 61.0 Å². The summed E-state index contributed by atoms with van der Waals surface area (Å²) < 4.78 is 37.6. The molecule has 36 heavy (non-hydrogen) atoms. The summed E-state index contributed by atoms with van der Waals surface area (Å²) in [5.74, 6) is 0.574. The zero-order valence-electron chi connectivity index (χ0n) is 21.8. The second-order valence-corrected chi connectivity index (χ2v) is 11.5. The SMILES string of the molecule is CCN(CC)CCOCC12CCC(c3ccccc31)c1ccccc12.O=S(=O)(O)NC1CCCCC1. The molecule has 0 aromatic heterocycles. The highest BCUT2D eigenvalue weighted by Crippen LogP contribution is 2.56. The van der Waals surface area contributed by atoms with Crippen LogP contribution in [-0.4, -0.2) is 56.8 Å². The molecule has 4 aliphatic rings. The zero-order valence-corrected chi connectivity index (χ0v) is 22.6. The Kier molecular flexibility index (Phi) is 9.23. The minimum atomic E-state index is -3.97. The second-order valence-electron chi connectivity index (χ2n) is 10.4. The molecule has 2 N–H and O–H groups in total. The maximum absolute atomic E-state index is 10.3. The maximum Gasteiger partial charge on any atom is 0.333 e. The lowest BCUT2D eigenvalue weighted by Gasteiger charge is -2.49. The molecule has 6 rings (SSSR count). The highest BCUT2D eigenvalue weighted by Gasteiger charge is 2.48. The summed E-state index contributed by atoms with van der Waals surface area (Å²) in [5, 5.41) is 0. The number of benzene rings is 2. The standard InChI is InChI=1S/C23H29NO.C6H13NO3S/c1-3-24(4-2)15-16-25-17-23-14-13-18(19-9-5-7-11-21(19)23)20-10-6-8-12-22(20)23;8-11(9,10)7-6-4-2-1-3-5-6/h5-12,18H,3-4,13-17H2,1-2H3;6-7H,1-5H2,(H,8,9,10). The number of nitrogens with one attached hydrogen (secondary N) is 1. The van der Waals surface area contributed by atoms with Crippen molar-refractivity contribution < 1.29 is 17.7 Å². The molecule has 0 atom stereocenters. The smallest absolute Gasteiger partial charge is 0.333 e. The minimum absolute atomic E-state index is 0.0428. The topological polar surface area (TPSA) is 78.9 Å². The highest BCUT2D eigenvalue weighted by atomic mass is 32.2. The molecule has 0 saturated heterocycles. The molecule has 1 saturated carbocycles. The average molecular weight is 515 g/mol. The summed E-state index contributed by atoms with van der Waals surface area (Å²) in [4.78, 5) is 2.43. The van der Waals surface area contributed by atoms with Gasteiger partial charge in [-0.2, -0.15) is 13.1 Å². The van der Waals surface area contributed by atoms with E-state index in [4.69, 9.17) is 9.29 Å². The first-order valence-corrected chi connectivity index (χ1v) is 15.1. The van der Waals surface area contributed by atoms with Gasteiger partial charge in [-0.3, -0.25) is 4.55 Å². The average Bonchev–Trinajstić information content (AvgIpc) is 2.89. The Morgan fingerprint density at radius 1 is 0.944 bits per heavy atom. The van der Waals surface area contributed by atoms with Crippen molar-refractivity contribution in [2.24, 2.45) is 0 Å². The molecular weight excluding hydrogens is 472 g/mol. The third-order valence-electron chi connectivity index (χ3n) is 8.28. The van der Waals surface area contributed by atoms with Gasteiger partial charge in [0.25, 0.3) is 0 Å². The van der Waals surface area contributed by atoms with Gasteiger partial charge >= 0.3 is 10.3 Å². The monoisotopic (exact) mass is 514 g/mol. The molecule has 0 radical (unpaired) electrons. The lowest BCUT2D eigenvalue weighted by molar-refractivity contribution is 0.0676. The Hall–Kier alpha value is -1.77. The summed E-state index contributed by atoms with van der Waals surface area (Å²) in [5.41, 5.74) is 6.12. The molecule has 7 heteroatoms. The van der Waals surface area contributed by atoms with E-state index in [1.807, 2.05) is 0 Å². The number of likely N-dealkylation sites (N-methyl/N-ethyl adjacent to an activating group) is 1. The molecule has 0 spiro atoms. The largest absolute Gasteiger partial charge is 0.379 e. The van der Waals surface area contributed by atoms with Gasteiger partial charge in [-0.15, -0.1) is 0 Å². The third kappa shape index (κ3) is 6.20. The second kappa shape index (κ2) is 12.2. The molecule has 6 nitrogen and oxygen atoms in total. The lowest BCUT2D eigenvalue weighted by atomic mass is 9.55. The molecule has 0 amide bonds. The molecule has 2 aromatic rings. The minimum Gasteiger partial charge on any atom is -0.379 e. The van der Waals surface area contributed by atoms with Crippen molar-refractivity contribution in [2.45, 2.75) is 76.2 Å². The number of rotatable bonds is 9. The number of fused-ring (bicyclic) bond motifs is 1. The maximum atomic E-state index is 10.3. The Balaban J connectivity index is 0.000000233. The zero-order chi connectivity index (χ0) is 25.6. The van der Waals surface area contributed by atoms with Crippen molar-refractivity contribution >= 4 is 10.3 Å². The van der Waals surface area contributed by atoms with Crippen LogP contribution >= 0.6 is 0 Å². The van der Waals surface area contributed by atoms with Gasteiger partial charge in [0.15, 0.2) is 0 Å². The Morgan fingerprint density at radius 3 is 2.08 bits per heavy atom. The lowest BCUT2D eigenvalue weighted by Crippen LogP contribution is -2.44. The van der Waals surface area contributed by atoms with Crippen molar-refractivity contribution in [3.05, 3.63) is 70.8 Å². The van der Waals surface area contributed by atoms with E-state index < -0.39 is 10.3 Å². The summed E-state index contributed by atoms with van der Waals surface area (Å²) in [6.45, 7) is 9.27. The van der Waals surface area contributed by atoms with E-state index in [9.17, 15) is 8.42 Å². The number of nitrogens with zero attached hydrogens (tertiary/aromatic N) is 1. The van der Waals surface area contributed by atoms with E-state index in [0.717, 1.165) is 58.5 Å². The van der Waals surface area contributed by atoms with E-state index in [2.05, 4.69) is 72.0 Å². The molecular formula is C29H42N2O4S. The van der Waals surface area contributed by atoms with Crippen LogP contribution in [0.1, 0.15) is 87.0 Å². The summed E-state index contributed by atoms with van der Waals surface area (Å²) in [7, 11) is -3.97. The van der Waals surface area contributed by atoms with Crippen LogP contribution in [0.15, 0.2) is 48.5 Å². The normalized spacial score (nSPS) is 23.1. The molecule has 2 bridgehead atoms. The molecule has 0 aliphatic heterocycles. The highest BCUT2D eigenvalue weighted by molar-refractivity contribution is 7.83. The van der Waals surface area contributed by atoms with Gasteiger partial charge < -0.3 is 9.64 Å². The van der Waals surface area contributed by atoms with E-state index in [-0.39, 0.29) is 11.5 Å². The van der Waals surface area contributed by atoms with Crippen LogP contribution in [0.4, 0.5) is 0 Å². The Bertz CT molecular complexity index is 1050. The quantitative estimate of drug-likeness (QED) is 0.352. The van der Waals surface area contributed by atoms with Gasteiger partial charge in [0.05, 0.1) is 13.2 Å². The van der Waals surface area contributed by atoms with Gasteiger partial charge in [0, 0.05) is 23.9 Å².